The Kier molecular flexibility index (Phi) is 7.87. The van der Waals surface area contributed by atoms with E-state index in [0.717, 1.165) is 28.9 Å². The monoisotopic (exact) mass is 491 g/mol. The van der Waals surface area contributed by atoms with Gasteiger partial charge in [-0.05, 0) is 56.9 Å². The minimum absolute atomic E-state index is 0.106. The summed E-state index contributed by atoms with van der Waals surface area (Å²) in [5.41, 5.74) is 3.22. The van der Waals surface area contributed by atoms with E-state index in [1.165, 1.54) is 0 Å². The molecule has 36 heavy (non-hydrogen) atoms. The molecule has 2 N–H and O–H groups in total. The largest absolute Gasteiger partial charge is 0.486 e. The van der Waals surface area contributed by atoms with E-state index >= 15 is 0 Å². The minimum Gasteiger partial charge on any atom is -0.486 e. The number of carboxylic acid groups (broad SMARTS) is 1. The van der Waals surface area contributed by atoms with Crippen molar-refractivity contribution in [3.05, 3.63) is 54.5 Å². The van der Waals surface area contributed by atoms with Gasteiger partial charge in [0.2, 0.25) is 5.95 Å². The summed E-state index contributed by atoms with van der Waals surface area (Å²) >= 11 is 0. The van der Waals surface area contributed by atoms with Crippen molar-refractivity contribution in [2.75, 3.05) is 29.4 Å². The van der Waals surface area contributed by atoms with Gasteiger partial charge in [0.15, 0.2) is 0 Å². The van der Waals surface area contributed by atoms with Gasteiger partial charge in [-0.15, -0.1) is 0 Å². The molecule has 9 nitrogen and oxygen atoms in total. The Morgan fingerprint density at radius 3 is 2.56 bits per heavy atom. The number of amides is 2. The van der Waals surface area contributed by atoms with Crippen molar-refractivity contribution in [2.24, 2.45) is 5.92 Å². The van der Waals surface area contributed by atoms with Crippen LogP contribution in [0, 0.1) is 5.92 Å². The van der Waals surface area contributed by atoms with Gasteiger partial charge in [0, 0.05) is 36.7 Å². The van der Waals surface area contributed by atoms with Crippen LogP contribution in [0.15, 0.2) is 54.5 Å². The van der Waals surface area contributed by atoms with Crippen LogP contribution in [0.2, 0.25) is 0 Å². The number of anilines is 2. The second-order valence-corrected chi connectivity index (χ2v) is 9.12. The second-order valence-electron chi connectivity index (χ2n) is 9.12. The normalized spacial score (nSPS) is 18.6. The molecular weight excluding hydrogens is 458 g/mol. The molecule has 1 aromatic heterocycles. The molecule has 0 saturated carbocycles. The summed E-state index contributed by atoms with van der Waals surface area (Å²) in [5, 5.41) is 12.1. The molecule has 2 amide bonds. The number of hydrogen-bond acceptors (Lipinski definition) is 6. The van der Waals surface area contributed by atoms with Crippen LogP contribution in [-0.2, 0) is 4.79 Å². The van der Waals surface area contributed by atoms with E-state index < -0.39 is 5.97 Å². The highest BCUT2D eigenvalue weighted by Gasteiger charge is 2.30. The quantitative estimate of drug-likeness (QED) is 0.568. The predicted octanol–water partition coefficient (Wildman–Crippen LogP) is 4.61. The van der Waals surface area contributed by atoms with E-state index in [9.17, 15) is 14.7 Å². The first kappa shape index (κ1) is 25.2. The van der Waals surface area contributed by atoms with Crippen molar-refractivity contribution in [3.63, 3.8) is 0 Å². The number of carbonyl (C=O) groups is 2. The van der Waals surface area contributed by atoms with Crippen molar-refractivity contribution >= 4 is 23.6 Å². The van der Waals surface area contributed by atoms with Crippen molar-refractivity contribution in [2.45, 2.75) is 46.1 Å². The number of piperidine rings is 1. The van der Waals surface area contributed by atoms with Crippen molar-refractivity contribution in [3.8, 4) is 16.9 Å². The van der Waals surface area contributed by atoms with E-state index in [0.29, 0.717) is 44.2 Å². The first-order valence-corrected chi connectivity index (χ1v) is 12.4. The zero-order chi connectivity index (χ0) is 25.7. The zero-order valence-electron chi connectivity index (χ0n) is 21.0. The number of carboxylic acids is 1. The molecule has 2 aliphatic heterocycles. The summed E-state index contributed by atoms with van der Waals surface area (Å²) in [6, 6.07) is 5.57. The van der Waals surface area contributed by atoms with Gasteiger partial charge >= 0.3 is 12.0 Å². The lowest BCUT2D eigenvalue weighted by Gasteiger charge is -2.35. The lowest BCUT2D eigenvalue weighted by Crippen LogP contribution is -2.47. The third-order valence-corrected chi connectivity index (χ3v) is 6.57. The molecule has 1 unspecified atom stereocenters. The molecule has 3 heterocycles. The van der Waals surface area contributed by atoms with Crippen LogP contribution in [0.5, 0.6) is 5.75 Å². The van der Waals surface area contributed by atoms with Gasteiger partial charge in [0.25, 0.3) is 0 Å². The van der Waals surface area contributed by atoms with Gasteiger partial charge < -0.3 is 20.1 Å². The SMILES string of the molecule is CC=CC=C(C)NC(=O)N1CC(CC)Oc2cc(-c3cnc(N4CCC(C(=O)O)CC4)nc3)ccc21. The van der Waals surface area contributed by atoms with Gasteiger partial charge in [-0.2, -0.15) is 0 Å². The molecule has 0 aliphatic carbocycles. The number of rotatable bonds is 6. The van der Waals surface area contributed by atoms with E-state index in [2.05, 4.69) is 15.3 Å². The summed E-state index contributed by atoms with van der Waals surface area (Å²) in [7, 11) is 0. The topological polar surface area (TPSA) is 108 Å². The van der Waals surface area contributed by atoms with E-state index in [4.69, 9.17) is 4.74 Å². The van der Waals surface area contributed by atoms with Crippen LogP contribution >= 0.6 is 0 Å². The average molecular weight is 492 g/mol. The fourth-order valence-corrected chi connectivity index (χ4v) is 4.41. The highest BCUT2D eigenvalue weighted by atomic mass is 16.5. The number of ether oxygens (including phenoxy) is 1. The van der Waals surface area contributed by atoms with E-state index in [1.54, 1.807) is 17.3 Å². The molecule has 2 aliphatic rings. The summed E-state index contributed by atoms with van der Waals surface area (Å²) < 4.78 is 6.20. The fourth-order valence-electron chi connectivity index (χ4n) is 4.41. The maximum absolute atomic E-state index is 13.0. The van der Waals surface area contributed by atoms with E-state index in [1.807, 2.05) is 62.1 Å². The first-order valence-electron chi connectivity index (χ1n) is 12.4. The molecule has 1 fully saturated rings. The molecule has 1 atom stereocenters. The number of aromatic nitrogens is 2. The highest BCUT2D eigenvalue weighted by molar-refractivity contribution is 5.95. The molecule has 9 heteroatoms. The van der Waals surface area contributed by atoms with Crippen LogP contribution in [0.4, 0.5) is 16.4 Å². The molecule has 0 spiro atoms. The third kappa shape index (κ3) is 5.67. The number of benzene rings is 1. The van der Waals surface area contributed by atoms with Gasteiger partial charge in [0.05, 0.1) is 18.2 Å². The molecule has 1 aromatic carbocycles. The number of carbonyl (C=O) groups excluding carboxylic acids is 1. The first-order chi connectivity index (χ1) is 17.4. The van der Waals surface area contributed by atoms with Crippen molar-refractivity contribution in [1.82, 2.24) is 15.3 Å². The molecule has 190 valence electrons. The van der Waals surface area contributed by atoms with Crippen LogP contribution in [0.3, 0.4) is 0 Å². The van der Waals surface area contributed by atoms with Gasteiger partial charge in [-0.3, -0.25) is 9.69 Å². The smallest absolute Gasteiger partial charge is 0.326 e. The Morgan fingerprint density at radius 2 is 1.92 bits per heavy atom. The summed E-state index contributed by atoms with van der Waals surface area (Å²) in [4.78, 5) is 37.0. The molecular formula is C27H33N5O4. The van der Waals surface area contributed by atoms with Crippen LogP contribution in [0.25, 0.3) is 11.1 Å². The lowest BCUT2D eigenvalue weighted by molar-refractivity contribution is -0.142. The molecule has 0 radical (unpaired) electrons. The van der Waals surface area contributed by atoms with Crippen LogP contribution in [0.1, 0.15) is 40.0 Å². The Balaban J connectivity index is 1.51. The minimum atomic E-state index is -0.734. The molecule has 1 saturated heterocycles. The lowest BCUT2D eigenvalue weighted by atomic mass is 9.97. The summed E-state index contributed by atoms with van der Waals surface area (Å²) in [6.45, 7) is 7.56. The summed E-state index contributed by atoms with van der Waals surface area (Å²) in [6.07, 6.45) is 11.0. The maximum Gasteiger partial charge on any atom is 0.326 e. The van der Waals surface area contributed by atoms with Gasteiger partial charge in [-0.25, -0.2) is 14.8 Å². The van der Waals surface area contributed by atoms with Crippen LogP contribution in [-0.4, -0.2) is 52.8 Å². The average Bonchev–Trinajstić information content (AvgIpc) is 2.91. The predicted molar refractivity (Wildman–Crippen MR) is 139 cm³/mol. The number of hydrogen-bond donors (Lipinski definition) is 2. The Hall–Kier alpha value is -3.88. The number of aliphatic carboxylic acids is 1. The number of fused-ring (bicyclic) bond motifs is 1. The number of urea groups is 1. The van der Waals surface area contributed by atoms with Crippen molar-refractivity contribution < 1.29 is 19.4 Å². The molecule has 2 aromatic rings. The fraction of sp³-hybridized carbons (Fsp3) is 0.407. The Bertz CT molecular complexity index is 1150. The maximum atomic E-state index is 13.0. The van der Waals surface area contributed by atoms with Crippen LogP contribution < -0.4 is 19.9 Å². The second kappa shape index (κ2) is 11.2. The Labute approximate surface area is 211 Å². The van der Waals surface area contributed by atoms with Gasteiger partial charge in [0.1, 0.15) is 11.9 Å². The van der Waals surface area contributed by atoms with E-state index in [-0.39, 0.29) is 18.1 Å². The zero-order valence-corrected chi connectivity index (χ0v) is 21.0. The number of allylic oxidation sites excluding steroid dienone is 4. The van der Waals surface area contributed by atoms with Gasteiger partial charge in [-0.1, -0.05) is 25.1 Å². The summed E-state index contributed by atoms with van der Waals surface area (Å²) in [5.74, 6) is 0.225. The highest BCUT2D eigenvalue weighted by Crippen LogP contribution is 2.37. The van der Waals surface area contributed by atoms with Crippen molar-refractivity contribution in [1.29, 1.82) is 0 Å². The molecule has 4 rings (SSSR count). The number of nitrogens with zero attached hydrogens (tertiary/aromatic N) is 4. The third-order valence-electron chi connectivity index (χ3n) is 6.57. The number of nitrogens with one attached hydrogen (secondary N) is 1. The standard InChI is InChI=1S/C27H33N5O4/c1-4-6-7-18(3)30-27(35)32-17-22(5-2)36-24-14-20(8-9-23(24)32)21-15-28-26(29-16-21)31-12-10-19(11-13-31)25(33)34/h4,6-9,14-16,19,22H,5,10-13,17H2,1-3H3,(H,30,35)(H,33,34). The Morgan fingerprint density at radius 1 is 1.19 bits per heavy atom. The molecule has 0 bridgehead atoms.